The van der Waals surface area contributed by atoms with Crippen LogP contribution in [-0.4, -0.2) is 11.5 Å². The fourth-order valence-corrected chi connectivity index (χ4v) is 1.32. The first-order valence-electron chi connectivity index (χ1n) is 3.25. The van der Waals surface area contributed by atoms with E-state index < -0.39 is 0 Å². The van der Waals surface area contributed by atoms with Crippen molar-refractivity contribution in [3.63, 3.8) is 0 Å². The normalized spacial score (nSPS) is 17.7. The standard InChI is InChI=1S/C8H8ClNO/c1-5-3-7(11)4-6(2)8(5)10-9/h3-4H,1-2H3. The van der Waals surface area contributed by atoms with Gasteiger partial charge in [0.15, 0.2) is 5.78 Å². The van der Waals surface area contributed by atoms with E-state index in [1.807, 2.05) is 13.8 Å². The highest BCUT2D eigenvalue weighted by atomic mass is 35.5. The summed E-state index contributed by atoms with van der Waals surface area (Å²) >= 11 is 5.31. The number of carbonyl (C=O) groups excluding carboxylic acids is 1. The van der Waals surface area contributed by atoms with Crippen LogP contribution in [0.4, 0.5) is 0 Å². The summed E-state index contributed by atoms with van der Waals surface area (Å²) < 4.78 is 3.54. The summed E-state index contributed by atoms with van der Waals surface area (Å²) in [7, 11) is 0. The third-order valence-corrected chi connectivity index (χ3v) is 1.72. The minimum atomic E-state index is 0.00377. The van der Waals surface area contributed by atoms with Crippen molar-refractivity contribution in [3.05, 3.63) is 23.3 Å². The topological polar surface area (TPSA) is 29.4 Å². The largest absolute Gasteiger partial charge is 0.290 e. The number of carbonyl (C=O) groups is 1. The van der Waals surface area contributed by atoms with Crippen molar-refractivity contribution in [1.29, 1.82) is 0 Å². The van der Waals surface area contributed by atoms with E-state index in [1.54, 1.807) is 0 Å². The molecule has 1 aliphatic rings. The first-order valence-corrected chi connectivity index (χ1v) is 3.59. The van der Waals surface area contributed by atoms with Crippen LogP contribution in [0.3, 0.4) is 0 Å². The highest BCUT2D eigenvalue weighted by molar-refractivity contribution is 6.30. The first kappa shape index (κ1) is 8.21. The Morgan fingerprint density at radius 2 is 1.73 bits per heavy atom. The molecule has 1 rings (SSSR count). The Labute approximate surface area is 70.4 Å². The van der Waals surface area contributed by atoms with Crippen molar-refractivity contribution in [2.75, 3.05) is 0 Å². The zero-order valence-corrected chi connectivity index (χ0v) is 7.14. The van der Waals surface area contributed by atoms with E-state index >= 15 is 0 Å². The molecule has 0 aromatic carbocycles. The second kappa shape index (κ2) is 3.01. The molecule has 11 heavy (non-hydrogen) atoms. The van der Waals surface area contributed by atoms with Gasteiger partial charge in [-0.05, 0) is 37.1 Å². The Morgan fingerprint density at radius 3 is 2.09 bits per heavy atom. The van der Waals surface area contributed by atoms with E-state index in [0.29, 0.717) is 5.71 Å². The van der Waals surface area contributed by atoms with Crippen LogP contribution in [0.2, 0.25) is 0 Å². The van der Waals surface area contributed by atoms with Crippen LogP contribution >= 0.6 is 11.8 Å². The van der Waals surface area contributed by atoms with Gasteiger partial charge in [-0.1, -0.05) is 0 Å². The Kier molecular flexibility index (Phi) is 2.25. The van der Waals surface area contributed by atoms with Crippen LogP contribution in [-0.2, 0) is 4.79 Å². The highest BCUT2D eigenvalue weighted by Crippen LogP contribution is 2.13. The molecular weight excluding hydrogens is 162 g/mol. The molecule has 0 fully saturated rings. The molecule has 58 valence electrons. The van der Waals surface area contributed by atoms with Gasteiger partial charge in [-0.25, -0.2) is 0 Å². The number of ketones is 1. The molecule has 0 spiro atoms. The van der Waals surface area contributed by atoms with Crippen molar-refractivity contribution in [2.24, 2.45) is 4.51 Å². The molecule has 0 amide bonds. The Hall–Kier alpha value is -0.890. The van der Waals surface area contributed by atoms with Gasteiger partial charge in [-0.15, -0.1) is 0 Å². The molecule has 3 heteroatoms. The van der Waals surface area contributed by atoms with Crippen molar-refractivity contribution in [3.8, 4) is 0 Å². The quantitative estimate of drug-likeness (QED) is 0.511. The van der Waals surface area contributed by atoms with Gasteiger partial charge in [-0.3, -0.25) is 4.79 Å². The maximum Gasteiger partial charge on any atom is 0.179 e. The van der Waals surface area contributed by atoms with Gasteiger partial charge in [0.2, 0.25) is 0 Å². The fourth-order valence-electron chi connectivity index (χ4n) is 1.05. The fraction of sp³-hybridized carbons (Fsp3) is 0.250. The molecular formula is C8H8ClNO. The van der Waals surface area contributed by atoms with Gasteiger partial charge in [-0.2, -0.15) is 4.51 Å². The van der Waals surface area contributed by atoms with E-state index in [9.17, 15) is 4.79 Å². The second-order valence-corrected chi connectivity index (χ2v) is 2.66. The van der Waals surface area contributed by atoms with Crippen LogP contribution in [0.25, 0.3) is 0 Å². The summed E-state index contributed by atoms with van der Waals surface area (Å²) in [5.41, 5.74) is 2.35. The van der Waals surface area contributed by atoms with E-state index in [4.69, 9.17) is 11.8 Å². The second-order valence-electron chi connectivity index (χ2n) is 2.49. The van der Waals surface area contributed by atoms with E-state index in [0.717, 1.165) is 11.1 Å². The number of allylic oxidation sites excluding steroid dienone is 4. The molecule has 0 radical (unpaired) electrons. The molecule has 2 nitrogen and oxygen atoms in total. The number of rotatable bonds is 0. The van der Waals surface area contributed by atoms with Gasteiger partial charge < -0.3 is 0 Å². The third-order valence-electron chi connectivity index (χ3n) is 1.55. The summed E-state index contributed by atoms with van der Waals surface area (Å²) in [6.07, 6.45) is 3.04. The summed E-state index contributed by atoms with van der Waals surface area (Å²) in [5, 5.41) is 0. The molecule has 0 aliphatic heterocycles. The lowest BCUT2D eigenvalue weighted by molar-refractivity contribution is -0.110. The number of nitrogens with zero attached hydrogens (tertiary/aromatic N) is 1. The first-order chi connectivity index (χ1) is 5.15. The Bertz CT molecular complexity index is 262. The van der Waals surface area contributed by atoms with E-state index in [1.165, 1.54) is 12.2 Å². The maximum absolute atomic E-state index is 10.9. The summed E-state index contributed by atoms with van der Waals surface area (Å²) in [4.78, 5) is 10.9. The van der Waals surface area contributed by atoms with Crippen LogP contribution in [0.1, 0.15) is 13.8 Å². The third kappa shape index (κ3) is 1.57. The molecule has 0 unspecified atom stereocenters. The molecule has 1 aliphatic carbocycles. The summed E-state index contributed by atoms with van der Waals surface area (Å²) in [6, 6.07) is 0. The number of hydrogen-bond acceptors (Lipinski definition) is 2. The zero-order chi connectivity index (χ0) is 8.43. The molecule has 0 aromatic rings. The number of halogens is 1. The molecule has 0 saturated heterocycles. The average Bonchev–Trinajstić information content (AvgIpc) is 1.85. The predicted octanol–water partition coefficient (Wildman–Crippen LogP) is 2.06. The molecule has 0 aromatic heterocycles. The van der Waals surface area contributed by atoms with Crippen LogP contribution in [0.15, 0.2) is 27.8 Å². The van der Waals surface area contributed by atoms with Gasteiger partial charge in [0.1, 0.15) is 0 Å². The summed E-state index contributed by atoms with van der Waals surface area (Å²) in [6.45, 7) is 3.63. The Morgan fingerprint density at radius 1 is 1.27 bits per heavy atom. The van der Waals surface area contributed by atoms with Gasteiger partial charge in [0.25, 0.3) is 0 Å². The van der Waals surface area contributed by atoms with Crippen molar-refractivity contribution in [1.82, 2.24) is 0 Å². The molecule has 0 heterocycles. The Balaban J connectivity index is 3.11. The van der Waals surface area contributed by atoms with Crippen LogP contribution in [0, 0.1) is 0 Å². The highest BCUT2D eigenvalue weighted by Gasteiger charge is 2.12. The predicted molar refractivity (Wildman–Crippen MR) is 45.8 cm³/mol. The lowest BCUT2D eigenvalue weighted by Crippen LogP contribution is -2.09. The van der Waals surface area contributed by atoms with Crippen molar-refractivity contribution in [2.45, 2.75) is 13.8 Å². The van der Waals surface area contributed by atoms with Gasteiger partial charge in [0.05, 0.1) is 5.71 Å². The molecule has 0 N–H and O–H groups in total. The van der Waals surface area contributed by atoms with Gasteiger partial charge in [0, 0.05) is 11.8 Å². The van der Waals surface area contributed by atoms with E-state index in [-0.39, 0.29) is 5.78 Å². The lowest BCUT2D eigenvalue weighted by Gasteiger charge is -2.08. The zero-order valence-electron chi connectivity index (χ0n) is 6.39. The lowest BCUT2D eigenvalue weighted by atomic mass is 9.98. The minimum Gasteiger partial charge on any atom is -0.290 e. The minimum absolute atomic E-state index is 0.00377. The molecule has 0 atom stereocenters. The number of hydrogen-bond donors (Lipinski definition) is 0. The van der Waals surface area contributed by atoms with Gasteiger partial charge >= 0.3 is 0 Å². The van der Waals surface area contributed by atoms with Crippen LogP contribution < -0.4 is 0 Å². The average molecular weight is 170 g/mol. The van der Waals surface area contributed by atoms with E-state index in [2.05, 4.69) is 4.51 Å². The molecule has 0 saturated carbocycles. The molecule has 0 bridgehead atoms. The smallest absolute Gasteiger partial charge is 0.179 e. The summed E-state index contributed by atoms with van der Waals surface area (Å²) in [5.74, 6) is 0.00377. The van der Waals surface area contributed by atoms with Crippen molar-refractivity contribution < 1.29 is 4.79 Å². The maximum atomic E-state index is 10.9. The monoisotopic (exact) mass is 169 g/mol. The van der Waals surface area contributed by atoms with Crippen LogP contribution in [0.5, 0.6) is 0 Å². The SMILES string of the molecule is CC1=CC(=O)C=C(C)C1=NCl. The van der Waals surface area contributed by atoms with Crippen molar-refractivity contribution >= 4 is 23.3 Å².